The van der Waals surface area contributed by atoms with Crippen molar-refractivity contribution in [2.24, 2.45) is 5.14 Å². The molecule has 0 atom stereocenters. The molecule has 2 N–H and O–H groups in total. The van der Waals surface area contributed by atoms with Crippen molar-refractivity contribution in [2.75, 3.05) is 0 Å². The number of ether oxygens (including phenoxy) is 1. The van der Waals surface area contributed by atoms with E-state index in [1.807, 2.05) is 0 Å². The van der Waals surface area contributed by atoms with Crippen LogP contribution in [0.3, 0.4) is 0 Å². The molecule has 146 valence electrons. The van der Waals surface area contributed by atoms with Gasteiger partial charge in [-0.3, -0.25) is 0 Å². The molecular weight excluding hydrogens is 388 g/mol. The number of sulfonamides is 1. The zero-order valence-electron chi connectivity index (χ0n) is 14.7. The van der Waals surface area contributed by atoms with E-state index in [1.54, 1.807) is 12.1 Å². The van der Waals surface area contributed by atoms with E-state index in [2.05, 4.69) is 0 Å². The predicted molar refractivity (Wildman–Crippen MR) is 98.3 cm³/mol. The van der Waals surface area contributed by atoms with Crippen LogP contribution in [0.1, 0.15) is 36.8 Å². The lowest BCUT2D eigenvalue weighted by Crippen LogP contribution is -2.27. The van der Waals surface area contributed by atoms with E-state index >= 15 is 0 Å². The van der Waals surface area contributed by atoms with E-state index in [0.717, 1.165) is 25.0 Å². The highest BCUT2D eigenvalue weighted by Gasteiger charge is 2.50. The fraction of sp³-hybridized carbons (Fsp3) is 0.250. The van der Waals surface area contributed by atoms with Crippen LogP contribution in [0.4, 0.5) is 8.78 Å². The highest BCUT2D eigenvalue weighted by atomic mass is 32.2. The summed E-state index contributed by atoms with van der Waals surface area (Å²) in [5.41, 5.74) is 0.699. The Bertz CT molecular complexity index is 1100. The zero-order chi connectivity index (χ0) is 20.1. The molecule has 0 amide bonds. The molecule has 2 aromatic carbocycles. The Labute approximate surface area is 160 Å². The lowest BCUT2D eigenvalue weighted by atomic mass is 9.83. The van der Waals surface area contributed by atoms with Gasteiger partial charge in [0.15, 0.2) is 11.6 Å². The van der Waals surface area contributed by atoms with E-state index in [0.29, 0.717) is 24.0 Å². The molecule has 8 heteroatoms. The maximum atomic E-state index is 13.8. The van der Waals surface area contributed by atoms with Crippen molar-refractivity contribution in [1.82, 2.24) is 0 Å². The van der Waals surface area contributed by atoms with Gasteiger partial charge in [0.2, 0.25) is 10.0 Å². The van der Waals surface area contributed by atoms with Crippen LogP contribution in [0.2, 0.25) is 0 Å². The standard InChI is InChI=1S/C20H17F2NO4S/c21-15-8-5-13(11-16(15)22)17-18(20(27-19(17)24)9-1-2-10-20)12-3-6-14(7-4-12)28(23,25)26/h3-8,11H,1-2,9-10H2,(H2,23,25,26). The van der Waals surface area contributed by atoms with E-state index < -0.39 is 33.2 Å². The number of primary sulfonamides is 1. The van der Waals surface area contributed by atoms with Gasteiger partial charge in [0.05, 0.1) is 10.5 Å². The Hall–Kier alpha value is -2.58. The molecule has 4 rings (SSSR count). The first-order valence-corrected chi connectivity index (χ1v) is 10.3. The Morgan fingerprint density at radius 1 is 0.929 bits per heavy atom. The molecular formula is C20H17F2NO4S. The van der Waals surface area contributed by atoms with Gasteiger partial charge in [0.1, 0.15) is 5.60 Å². The second-order valence-corrected chi connectivity index (χ2v) is 8.60. The van der Waals surface area contributed by atoms with Gasteiger partial charge in [0.25, 0.3) is 0 Å². The molecule has 2 aliphatic rings. The van der Waals surface area contributed by atoms with Gasteiger partial charge in [-0.2, -0.15) is 0 Å². The van der Waals surface area contributed by atoms with Gasteiger partial charge in [-0.05, 0) is 61.1 Å². The first kappa shape index (κ1) is 18.8. The minimum atomic E-state index is -3.86. The maximum Gasteiger partial charge on any atom is 0.340 e. The van der Waals surface area contributed by atoms with Crippen LogP contribution < -0.4 is 5.14 Å². The van der Waals surface area contributed by atoms with Gasteiger partial charge < -0.3 is 4.74 Å². The van der Waals surface area contributed by atoms with E-state index in [9.17, 15) is 22.0 Å². The molecule has 1 aliphatic carbocycles. The second kappa shape index (κ2) is 6.49. The molecule has 2 aromatic rings. The average Bonchev–Trinajstić information content (AvgIpc) is 3.21. The third-order valence-electron chi connectivity index (χ3n) is 5.29. The Morgan fingerprint density at radius 2 is 1.54 bits per heavy atom. The number of halogens is 2. The molecule has 5 nitrogen and oxygen atoms in total. The molecule has 0 unspecified atom stereocenters. The number of carbonyl (C=O) groups excluding carboxylic acids is 1. The molecule has 0 saturated heterocycles. The van der Waals surface area contributed by atoms with Crippen LogP contribution in [0.15, 0.2) is 47.4 Å². The Balaban J connectivity index is 1.94. The first-order chi connectivity index (χ1) is 13.2. The van der Waals surface area contributed by atoms with E-state index in [-0.39, 0.29) is 16.0 Å². The normalized spacial score (nSPS) is 18.8. The summed E-state index contributed by atoms with van der Waals surface area (Å²) < 4.78 is 56.0. The summed E-state index contributed by atoms with van der Waals surface area (Å²) in [5, 5.41) is 5.15. The largest absolute Gasteiger partial charge is 0.451 e. The minimum Gasteiger partial charge on any atom is -0.451 e. The summed E-state index contributed by atoms with van der Waals surface area (Å²) in [5.74, 6) is -2.67. The minimum absolute atomic E-state index is 0.0584. The Kier molecular flexibility index (Phi) is 4.35. The summed E-state index contributed by atoms with van der Waals surface area (Å²) >= 11 is 0. The van der Waals surface area contributed by atoms with Crippen molar-refractivity contribution in [2.45, 2.75) is 36.2 Å². The van der Waals surface area contributed by atoms with Crippen LogP contribution in [-0.2, 0) is 19.6 Å². The highest BCUT2D eigenvalue weighted by Crippen LogP contribution is 2.52. The Morgan fingerprint density at radius 3 is 2.11 bits per heavy atom. The number of nitrogens with two attached hydrogens (primary N) is 1. The third-order valence-corrected chi connectivity index (χ3v) is 6.22. The van der Waals surface area contributed by atoms with Crippen molar-refractivity contribution < 1.29 is 26.7 Å². The average molecular weight is 405 g/mol. The molecule has 1 saturated carbocycles. The molecule has 0 aromatic heterocycles. The third kappa shape index (κ3) is 3.02. The van der Waals surface area contributed by atoms with Crippen molar-refractivity contribution in [3.05, 3.63) is 65.2 Å². The molecule has 1 spiro atoms. The summed E-state index contributed by atoms with van der Waals surface area (Å²) in [6.45, 7) is 0. The molecule has 28 heavy (non-hydrogen) atoms. The maximum absolute atomic E-state index is 13.8. The van der Waals surface area contributed by atoms with Gasteiger partial charge in [-0.15, -0.1) is 0 Å². The van der Waals surface area contributed by atoms with E-state index in [1.165, 1.54) is 18.2 Å². The smallest absolute Gasteiger partial charge is 0.340 e. The monoisotopic (exact) mass is 405 g/mol. The summed E-state index contributed by atoms with van der Waals surface area (Å²) in [4.78, 5) is 12.7. The molecule has 1 fully saturated rings. The first-order valence-electron chi connectivity index (χ1n) is 8.78. The van der Waals surface area contributed by atoms with Crippen molar-refractivity contribution in [1.29, 1.82) is 0 Å². The quantitative estimate of drug-likeness (QED) is 0.793. The fourth-order valence-electron chi connectivity index (χ4n) is 4.04. The van der Waals surface area contributed by atoms with Crippen LogP contribution >= 0.6 is 0 Å². The van der Waals surface area contributed by atoms with Crippen LogP contribution in [-0.4, -0.2) is 20.0 Å². The van der Waals surface area contributed by atoms with Crippen molar-refractivity contribution >= 4 is 27.1 Å². The van der Waals surface area contributed by atoms with Crippen molar-refractivity contribution in [3.8, 4) is 0 Å². The zero-order valence-corrected chi connectivity index (χ0v) is 15.6. The van der Waals surface area contributed by atoms with Gasteiger partial charge >= 0.3 is 5.97 Å². The van der Waals surface area contributed by atoms with Crippen LogP contribution in [0.5, 0.6) is 0 Å². The SMILES string of the molecule is NS(=O)(=O)c1ccc(C2=C(c3ccc(F)c(F)c3)C(=O)OC23CCCC3)cc1. The van der Waals surface area contributed by atoms with Gasteiger partial charge in [0, 0.05) is 5.57 Å². The number of benzene rings is 2. The van der Waals surface area contributed by atoms with Crippen LogP contribution in [0.25, 0.3) is 11.1 Å². The predicted octanol–water partition coefficient (Wildman–Crippen LogP) is 3.39. The number of esters is 1. The molecule has 1 aliphatic heterocycles. The summed E-state index contributed by atoms with van der Waals surface area (Å²) in [6, 6.07) is 9.08. The fourth-order valence-corrected chi connectivity index (χ4v) is 4.56. The lowest BCUT2D eigenvalue weighted by molar-refractivity contribution is -0.143. The number of hydrogen-bond donors (Lipinski definition) is 1. The van der Waals surface area contributed by atoms with Gasteiger partial charge in [-0.25, -0.2) is 27.1 Å². The summed E-state index contributed by atoms with van der Waals surface area (Å²) in [6.07, 6.45) is 2.94. The number of rotatable bonds is 3. The molecule has 1 heterocycles. The lowest BCUT2D eigenvalue weighted by Gasteiger charge is -2.26. The van der Waals surface area contributed by atoms with Crippen molar-refractivity contribution in [3.63, 3.8) is 0 Å². The topological polar surface area (TPSA) is 86.5 Å². The highest BCUT2D eigenvalue weighted by molar-refractivity contribution is 7.89. The second-order valence-electron chi connectivity index (χ2n) is 7.04. The molecule has 0 radical (unpaired) electrons. The van der Waals surface area contributed by atoms with Gasteiger partial charge in [-0.1, -0.05) is 18.2 Å². The summed E-state index contributed by atoms with van der Waals surface area (Å²) in [7, 11) is -3.86. The number of carbonyl (C=O) groups is 1. The molecule has 0 bridgehead atoms. The number of hydrogen-bond acceptors (Lipinski definition) is 4. The van der Waals surface area contributed by atoms with Crippen LogP contribution in [0, 0.1) is 11.6 Å². The van der Waals surface area contributed by atoms with E-state index in [4.69, 9.17) is 9.88 Å².